The Morgan fingerprint density at radius 1 is 1.00 bits per heavy atom. The smallest absolute Gasteiger partial charge is 0.433 e. The number of hydrogen-bond donors (Lipinski definition) is 2. The van der Waals surface area contributed by atoms with Crippen molar-refractivity contribution in [2.45, 2.75) is 30.5 Å². The molecule has 1 aromatic heterocycles. The van der Waals surface area contributed by atoms with Gasteiger partial charge in [0.25, 0.3) is 10.0 Å². The van der Waals surface area contributed by atoms with Crippen LogP contribution >= 0.6 is 0 Å². The number of carbonyl (C=O) groups excluding carboxylic acids is 2. The number of rotatable bonds is 9. The molecule has 0 spiro atoms. The number of hydrogen-bond acceptors (Lipinski definition) is 7. The molecule has 1 atom stereocenters. The topological polar surface area (TPSA) is 124 Å². The highest BCUT2D eigenvalue weighted by atomic mass is 32.2. The number of alkyl halides is 3. The minimum absolute atomic E-state index is 0.0454. The number of amides is 2. The number of carbonyl (C=O) groups is 2. The predicted octanol–water partition coefficient (Wildman–Crippen LogP) is 4.39. The van der Waals surface area contributed by atoms with Gasteiger partial charge in [0.1, 0.15) is 17.5 Å². The van der Waals surface area contributed by atoms with Crippen molar-refractivity contribution in [3.8, 4) is 5.75 Å². The largest absolute Gasteiger partial charge is 0.486 e. The lowest BCUT2D eigenvalue weighted by molar-refractivity contribution is -0.141. The number of nitrogens with zero attached hydrogens (tertiary/aromatic N) is 1. The summed E-state index contributed by atoms with van der Waals surface area (Å²) in [4.78, 5) is 27.2. The summed E-state index contributed by atoms with van der Waals surface area (Å²) in [5, 5.41) is 2.40. The van der Waals surface area contributed by atoms with E-state index < -0.39 is 40.0 Å². The Bertz CT molecular complexity index is 1360. The third-order valence-corrected chi connectivity index (χ3v) is 6.60. The van der Waals surface area contributed by atoms with Crippen molar-refractivity contribution in [1.82, 2.24) is 15.0 Å². The van der Waals surface area contributed by atoms with Crippen LogP contribution < -0.4 is 14.8 Å². The minimum Gasteiger partial charge on any atom is -0.486 e. The number of esters is 1. The van der Waals surface area contributed by atoms with E-state index in [2.05, 4.69) is 15.0 Å². The Balaban J connectivity index is 1.70. The zero-order chi connectivity index (χ0) is 27.9. The molecular formula is C25H24F3N3O6S. The van der Waals surface area contributed by atoms with Crippen LogP contribution in [0.2, 0.25) is 0 Å². The maximum Gasteiger partial charge on any atom is 0.433 e. The van der Waals surface area contributed by atoms with Gasteiger partial charge >= 0.3 is 18.2 Å². The zero-order valence-corrected chi connectivity index (χ0v) is 21.1. The molecule has 202 valence electrons. The van der Waals surface area contributed by atoms with Gasteiger partial charge in [0.05, 0.1) is 17.6 Å². The zero-order valence-electron chi connectivity index (χ0n) is 20.3. The number of sulfonamides is 1. The molecule has 0 aliphatic heterocycles. The first-order valence-corrected chi connectivity index (χ1v) is 12.6. The molecule has 0 radical (unpaired) electrons. The van der Waals surface area contributed by atoms with Crippen molar-refractivity contribution >= 4 is 22.0 Å². The molecule has 3 rings (SSSR count). The number of ether oxygens (including phenoxy) is 2. The van der Waals surface area contributed by atoms with Crippen molar-refractivity contribution in [1.29, 1.82) is 0 Å². The Morgan fingerprint density at radius 2 is 1.66 bits per heavy atom. The third kappa shape index (κ3) is 7.68. The molecule has 0 aliphatic carbocycles. The third-order valence-electron chi connectivity index (χ3n) is 5.25. The highest BCUT2D eigenvalue weighted by Gasteiger charge is 2.32. The molecule has 9 nitrogen and oxygen atoms in total. The van der Waals surface area contributed by atoms with Crippen LogP contribution in [0.15, 0.2) is 71.8 Å². The van der Waals surface area contributed by atoms with E-state index in [0.717, 1.165) is 17.8 Å². The second kappa shape index (κ2) is 11.9. The summed E-state index contributed by atoms with van der Waals surface area (Å²) < 4.78 is 76.0. The van der Waals surface area contributed by atoms with Gasteiger partial charge in [0.15, 0.2) is 0 Å². The second-order valence-electron chi connectivity index (χ2n) is 8.06. The average Bonchev–Trinajstić information content (AvgIpc) is 2.87. The SMILES string of the molecule is COC(=O)c1ccc(OC(CCNC(=O)NS(=O)(=O)c2ccc(C)cc2)c2ccc(C(F)(F)F)nc2)cc1. The summed E-state index contributed by atoms with van der Waals surface area (Å²) >= 11 is 0. The summed E-state index contributed by atoms with van der Waals surface area (Å²) in [6, 6.07) is 12.8. The lowest BCUT2D eigenvalue weighted by atomic mass is 10.1. The monoisotopic (exact) mass is 551 g/mol. The van der Waals surface area contributed by atoms with Crippen molar-refractivity contribution < 1.29 is 40.7 Å². The van der Waals surface area contributed by atoms with Gasteiger partial charge in [-0.25, -0.2) is 22.7 Å². The number of aromatic nitrogens is 1. The highest BCUT2D eigenvalue weighted by Crippen LogP contribution is 2.30. The fourth-order valence-corrected chi connectivity index (χ4v) is 4.19. The summed E-state index contributed by atoms with van der Waals surface area (Å²) in [5.41, 5.74) is 0.309. The summed E-state index contributed by atoms with van der Waals surface area (Å²) in [5.74, 6) is -0.273. The molecule has 13 heteroatoms. The predicted molar refractivity (Wildman–Crippen MR) is 130 cm³/mol. The molecule has 3 aromatic rings. The molecule has 0 saturated heterocycles. The standard InChI is InChI=1S/C25H24F3N3O6S/c1-16-3-10-20(11-4-16)38(34,35)31-24(33)29-14-13-21(18-7-12-22(30-15-18)25(26,27)28)37-19-8-5-17(6-9-19)23(32)36-2/h3-12,15,21H,13-14H2,1-2H3,(H2,29,31,33). The second-order valence-corrected chi connectivity index (χ2v) is 9.74. The first-order valence-electron chi connectivity index (χ1n) is 11.1. The van der Waals surface area contributed by atoms with Crippen molar-refractivity contribution in [2.24, 2.45) is 0 Å². The summed E-state index contributed by atoms with van der Waals surface area (Å²) in [6.07, 6.45) is -4.44. The van der Waals surface area contributed by atoms with E-state index in [9.17, 15) is 31.2 Å². The van der Waals surface area contributed by atoms with Crippen LogP contribution in [0.25, 0.3) is 0 Å². The van der Waals surface area contributed by atoms with E-state index in [1.54, 1.807) is 19.1 Å². The molecule has 0 fully saturated rings. The number of halogens is 3. The van der Waals surface area contributed by atoms with E-state index in [1.165, 1.54) is 49.6 Å². The molecule has 1 unspecified atom stereocenters. The maximum absolute atomic E-state index is 12.9. The van der Waals surface area contributed by atoms with Crippen LogP contribution in [0, 0.1) is 6.92 Å². The normalized spacial score (nSPS) is 12.3. The van der Waals surface area contributed by atoms with Crippen LogP contribution in [0.5, 0.6) is 5.75 Å². The van der Waals surface area contributed by atoms with Crippen molar-refractivity contribution in [2.75, 3.05) is 13.7 Å². The van der Waals surface area contributed by atoms with E-state index >= 15 is 0 Å². The highest BCUT2D eigenvalue weighted by molar-refractivity contribution is 7.90. The van der Waals surface area contributed by atoms with Crippen molar-refractivity contribution in [3.05, 3.63) is 89.2 Å². The molecule has 2 N–H and O–H groups in total. The van der Waals surface area contributed by atoms with Crippen LogP contribution in [0.3, 0.4) is 0 Å². The molecular weight excluding hydrogens is 527 g/mol. The van der Waals surface area contributed by atoms with E-state index in [4.69, 9.17) is 4.74 Å². The Morgan fingerprint density at radius 3 is 2.21 bits per heavy atom. The number of nitrogens with one attached hydrogen (secondary N) is 2. The van der Waals surface area contributed by atoms with Gasteiger partial charge in [0.2, 0.25) is 0 Å². The van der Waals surface area contributed by atoms with Gasteiger partial charge in [-0.2, -0.15) is 13.2 Å². The minimum atomic E-state index is -4.62. The lowest BCUT2D eigenvalue weighted by Gasteiger charge is -2.20. The van der Waals surface area contributed by atoms with Gasteiger partial charge < -0.3 is 14.8 Å². The number of benzene rings is 2. The Labute approximate surface area is 217 Å². The molecule has 2 aromatic carbocycles. The van der Waals surface area contributed by atoms with E-state index in [1.807, 2.05) is 4.72 Å². The number of aryl methyl sites for hydroxylation is 1. The fraction of sp³-hybridized carbons (Fsp3) is 0.240. The van der Waals surface area contributed by atoms with E-state index in [0.29, 0.717) is 0 Å². The maximum atomic E-state index is 12.9. The van der Waals surface area contributed by atoms with Gasteiger partial charge in [0, 0.05) is 24.7 Å². The molecule has 1 heterocycles. The Kier molecular flexibility index (Phi) is 8.94. The van der Waals surface area contributed by atoms with Gasteiger partial charge in [-0.05, 0) is 49.4 Å². The van der Waals surface area contributed by atoms with Gasteiger partial charge in [-0.3, -0.25) is 4.98 Å². The van der Waals surface area contributed by atoms with Gasteiger partial charge in [-0.1, -0.05) is 23.8 Å². The molecule has 38 heavy (non-hydrogen) atoms. The van der Waals surface area contributed by atoms with E-state index in [-0.39, 0.29) is 34.7 Å². The van der Waals surface area contributed by atoms with Gasteiger partial charge in [-0.15, -0.1) is 0 Å². The van der Waals surface area contributed by atoms with Crippen LogP contribution in [-0.4, -0.2) is 39.1 Å². The lowest BCUT2D eigenvalue weighted by Crippen LogP contribution is -2.40. The summed E-state index contributed by atoms with van der Waals surface area (Å²) in [7, 11) is -2.88. The molecule has 0 aliphatic rings. The summed E-state index contributed by atoms with van der Waals surface area (Å²) in [6.45, 7) is 1.69. The van der Waals surface area contributed by atoms with Crippen LogP contribution in [0.1, 0.15) is 39.7 Å². The molecule has 2 amide bonds. The van der Waals surface area contributed by atoms with Crippen LogP contribution in [0.4, 0.5) is 18.0 Å². The number of pyridine rings is 1. The van der Waals surface area contributed by atoms with Crippen LogP contribution in [-0.2, 0) is 20.9 Å². The van der Waals surface area contributed by atoms with Crippen molar-refractivity contribution in [3.63, 3.8) is 0 Å². The molecule has 0 saturated carbocycles. The Hall–Kier alpha value is -4.13. The first kappa shape index (κ1) is 28.4. The fourth-order valence-electron chi connectivity index (χ4n) is 3.26. The first-order chi connectivity index (χ1) is 17.9. The number of methoxy groups -OCH3 is 1. The average molecular weight is 552 g/mol. The number of urea groups is 1. The quantitative estimate of drug-likeness (QED) is 0.378. The molecule has 0 bridgehead atoms.